The van der Waals surface area contributed by atoms with Crippen molar-refractivity contribution in [3.05, 3.63) is 73.8 Å². The summed E-state index contributed by atoms with van der Waals surface area (Å²) in [5.41, 5.74) is -0.267. The lowest BCUT2D eigenvalue weighted by molar-refractivity contribution is -0.385. The maximum atomic E-state index is 12.2. The minimum Gasteiger partial charge on any atom is -0.493 e. The molecule has 0 aliphatic rings. The SMILES string of the molecule is COc1cc(/C=C/C(=O)c2cccc([N+](=O)[O-])c2)c([N+](=O)[O-])cc1OC. The van der Waals surface area contributed by atoms with Crippen LogP contribution in [-0.4, -0.2) is 29.8 Å². The van der Waals surface area contributed by atoms with E-state index in [0.717, 1.165) is 12.1 Å². The number of nitrogens with zero attached hydrogens (tertiary/aromatic N) is 2. The molecule has 0 bridgehead atoms. The summed E-state index contributed by atoms with van der Waals surface area (Å²) in [6.45, 7) is 0. The molecule has 26 heavy (non-hydrogen) atoms. The summed E-state index contributed by atoms with van der Waals surface area (Å²) in [4.78, 5) is 33.0. The van der Waals surface area contributed by atoms with Gasteiger partial charge in [0.25, 0.3) is 11.4 Å². The van der Waals surface area contributed by atoms with E-state index in [1.807, 2.05) is 0 Å². The molecule has 2 rings (SSSR count). The number of methoxy groups -OCH3 is 2. The number of nitro benzene ring substituents is 2. The van der Waals surface area contributed by atoms with Crippen molar-refractivity contribution in [2.75, 3.05) is 14.2 Å². The third-order valence-electron chi connectivity index (χ3n) is 3.49. The van der Waals surface area contributed by atoms with Crippen LogP contribution in [0.5, 0.6) is 11.5 Å². The summed E-state index contributed by atoms with van der Waals surface area (Å²) in [5.74, 6) is -0.0836. The van der Waals surface area contributed by atoms with E-state index in [1.54, 1.807) is 0 Å². The number of carbonyl (C=O) groups is 1. The first-order valence-corrected chi connectivity index (χ1v) is 7.24. The number of hydrogen-bond donors (Lipinski definition) is 0. The Kier molecular flexibility index (Phi) is 5.63. The number of carbonyl (C=O) groups excluding carboxylic acids is 1. The molecule has 0 N–H and O–H groups in total. The minimum absolute atomic E-state index is 0.0959. The number of allylic oxidation sites excluding steroid dienone is 1. The van der Waals surface area contributed by atoms with Crippen LogP contribution in [0.4, 0.5) is 11.4 Å². The second-order valence-electron chi connectivity index (χ2n) is 5.03. The van der Waals surface area contributed by atoms with E-state index >= 15 is 0 Å². The number of benzene rings is 2. The van der Waals surface area contributed by atoms with Gasteiger partial charge in [-0.15, -0.1) is 0 Å². The van der Waals surface area contributed by atoms with Gasteiger partial charge in [-0.3, -0.25) is 25.0 Å². The van der Waals surface area contributed by atoms with E-state index in [1.165, 1.54) is 50.6 Å². The summed E-state index contributed by atoms with van der Waals surface area (Å²) in [5, 5.41) is 22.0. The third-order valence-corrected chi connectivity index (χ3v) is 3.49. The lowest BCUT2D eigenvalue weighted by atomic mass is 10.1. The molecule has 0 aliphatic carbocycles. The van der Waals surface area contributed by atoms with Gasteiger partial charge in [0, 0.05) is 17.7 Å². The molecule has 134 valence electrons. The Morgan fingerprint density at radius 1 is 1.00 bits per heavy atom. The molecule has 0 aliphatic heterocycles. The fraction of sp³-hybridized carbons (Fsp3) is 0.118. The van der Waals surface area contributed by atoms with Gasteiger partial charge in [-0.05, 0) is 18.2 Å². The highest BCUT2D eigenvalue weighted by molar-refractivity contribution is 6.07. The van der Waals surface area contributed by atoms with E-state index in [4.69, 9.17) is 9.47 Å². The number of non-ortho nitro benzene ring substituents is 1. The quantitative estimate of drug-likeness (QED) is 0.322. The maximum Gasteiger partial charge on any atom is 0.280 e. The summed E-state index contributed by atoms with van der Waals surface area (Å²) in [6.07, 6.45) is 2.36. The standard InChI is InChI=1S/C17H14N2O7/c1-25-16-9-11(14(19(23)24)10-17(16)26-2)6-7-15(20)12-4-3-5-13(8-12)18(21)22/h3-10H,1-2H3/b7-6+. The molecule has 2 aromatic carbocycles. The van der Waals surface area contributed by atoms with Crippen LogP contribution in [0.2, 0.25) is 0 Å². The monoisotopic (exact) mass is 358 g/mol. The predicted molar refractivity (Wildman–Crippen MR) is 92.7 cm³/mol. The Labute approximate surface area is 147 Å². The highest BCUT2D eigenvalue weighted by atomic mass is 16.6. The highest BCUT2D eigenvalue weighted by Gasteiger charge is 2.18. The largest absolute Gasteiger partial charge is 0.493 e. The van der Waals surface area contributed by atoms with Crippen LogP contribution in [0.15, 0.2) is 42.5 Å². The van der Waals surface area contributed by atoms with E-state index < -0.39 is 15.6 Å². The van der Waals surface area contributed by atoms with Crippen molar-refractivity contribution in [2.24, 2.45) is 0 Å². The number of hydrogen-bond acceptors (Lipinski definition) is 7. The van der Waals surface area contributed by atoms with Gasteiger partial charge in [0.05, 0.1) is 35.7 Å². The van der Waals surface area contributed by atoms with Crippen molar-refractivity contribution in [1.82, 2.24) is 0 Å². The molecule has 0 unspecified atom stereocenters. The average molecular weight is 358 g/mol. The van der Waals surface area contributed by atoms with Gasteiger partial charge in [-0.2, -0.15) is 0 Å². The van der Waals surface area contributed by atoms with Crippen LogP contribution in [0.25, 0.3) is 6.08 Å². The van der Waals surface area contributed by atoms with Crippen molar-refractivity contribution in [3.8, 4) is 11.5 Å². The van der Waals surface area contributed by atoms with Crippen molar-refractivity contribution < 1.29 is 24.1 Å². The lowest BCUT2D eigenvalue weighted by Crippen LogP contribution is -1.98. The van der Waals surface area contributed by atoms with E-state index in [-0.39, 0.29) is 34.0 Å². The van der Waals surface area contributed by atoms with Crippen LogP contribution in [0.1, 0.15) is 15.9 Å². The van der Waals surface area contributed by atoms with Gasteiger partial charge in [-0.1, -0.05) is 12.1 Å². The first-order valence-electron chi connectivity index (χ1n) is 7.24. The van der Waals surface area contributed by atoms with Gasteiger partial charge < -0.3 is 9.47 Å². The molecule has 0 amide bonds. The highest BCUT2D eigenvalue weighted by Crippen LogP contribution is 2.35. The molecular weight excluding hydrogens is 344 g/mol. The van der Waals surface area contributed by atoms with E-state index in [2.05, 4.69) is 0 Å². The van der Waals surface area contributed by atoms with Gasteiger partial charge >= 0.3 is 0 Å². The third kappa shape index (κ3) is 4.01. The first kappa shape index (κ1) is 18.6. The number of nitro groups is 2. The Balaban J connectivity index is 2.40. The average Bonchev–Trinajstić information content (AvgIpc) is 2.65. The predicted octanol–water partition coefficient (Wildman–Crippen LogP) is 3.42. The zero-order valence-corrected chi connectivity index (χ0v) is 13.9. The summed E-state index contributed by atoms with van der Waals surface area (Å²) < 4.78 is 10.1. The van der Waals surface area contributed by atoms with E-state index in [0.29, 0.717) is 0 Å². The van der Waals surface area contributed by atoms with Gasteiger partial charge in [0.2, 0.25) is 0 Å². The number of ether oxygens (including phenoxy) is 2. The lowest BCUT2D eigenvalue weighted by Gasteiger charge is -2.08. The van der Waals surface area contributed by atoms with Crippen molar-refractivity contribution in [3.63, 3.8) is 0 Å². The fourth-order valence-electron chi connectivity index (χ4n) is 2.21. The molecule has 2 aromatic rings. The summed E-state index contributed by atoms with van der Waals surface area (Å²) in [6, 6.07) is 7.76. The van der Waals surface area contributed by atoms with Gasteiger partial charge in [0.15, 0.2) is 17.3 Å². The van der Waals surface area contributed by atoms with Crippen LogP contribution < -0.4 is 9.47 Å². The second-order valence-corrected chi connectivity index (χ2v) is 5.03. The first-order chi connectivity index (χ1) is 12.4. The molecule has 0 heterocycles. The molecule has 0 atom stereocenters. The Bertz CT molecular complexity index is 906. The molecule has 0 saturated carbocycles. The van der Waals surface area contributed by atoms with Crippen LogP contribution in [0.3, 0.4) is 0 Å². The normalized spacial score (nSPS) is 10.5. The zero-order valence-electron chi connectivity index (χ0n) is 13.9. The Hall–Kier alpha value is -3.75. The maximum absolute atomic E-state index is 12.2. The molecule has 0 fully saturated rings. The topological polar surface area (TPSA) is 122 Å². The summed E-state index contributed by atoms with van der Waals surface area (Å²) in [7, 11) is 2.73. The molecular formula is C17H14N2O7. The molecule has 9 nitrogen and oxygen atoms in total. The second kappa shape index (κ2) is 7.88. The molecule has 0 radical (unpaired) electrons. The van der Waals surface area contributed by atoms with E-state index in [9.17, 15) is 25.0 Å². The molecule has 9 heteroatoms. The van der Waals surface area contributed by atoms with Crippen molar-refractivity contribution >= 4 is 23.2 Å². The fourth-order valence-corrected chi connectivity index (χ4v) is 2.21. The van der Waals surface area contributed by atoms with Crippen LogP contribution >= 0.6 is 0 Å². The zero-order chi connectivity index (χ0) is 19.3. The Morgan fingerprint density at radius 3 is 2.23 bits per heavy atom. The Morgan fingerprint density at radius 2 is 1.65 bits per heavy atom. The smallest absolute Gasteiger partial charge is 0.280 e. The van der Waals surface area contributed by atoms with Crippen molar-refractivity contribution in [2.45, 2.75) is 0 Å². The minimum atomic E-state index is -0.612. The molecule has 0 spiro atoms. The van der Waals surface area contributed by atoms with Gasteiger partial charge in [-0.25, -0.2) is 0 Å². The van der Waals surface area contributed by atoms with Crippen LogP contribution in [0, 0.1) is 20.2 Å². The van der Waals surface area contributed by atoms with Gasteiger partial charge in [0.1, 0.15) is 0 Å². The molecule has 0 aromatic heterocycles. The number of ketones is 1. The number of rotatable bonds is 7. The molecule has 0 saturated heterocycles. The summed E-state index contributed by atoms with van der Waals surface area (Å²) >= 11 is 0. The van der Waals surface area contributed by atoms with Crippen LogP contribution in [-0.2, 0) is 0 Å². The van der Waals surface area contributed by atoms with Crippen molar-refractivity contribution in [1.29, 1.82) is 0 Å².